The van der Waals surface area contributed by atoms with Crippen LogP contribution in [0.3, 0.4) is 0 Å². The summed E-state index contributed by atoms with van der Waals surface area (Å²) in [5, 5.41) is 0. The minimum atomic E-state index is 0.197. The zero-order chi connectivity index (χ0) is 13.9. The Balaban J connectivity index is 2.07. The zero-order valence-electron chi connectivity index (χ0n) is 12.8. The molecule has 2 aliphatic heterocycles. The molecule has 2 aliphatic rings. The van der Waals surface area contributed by atoms with Crippen LogP contribution in [0.5, 0.6) is 0 Å². The fourth-order valence-electron chi connectivity index (χ4n) is 3.71. The van der Waals surface area contributed by atoms with Crippen LogP contribution < -0.4 is 5.73 Å². The Morgan fingerprint density at radius 3 is 2.79 bits per heavy atom. The zero-order valence-corrected chi connectivity index (χ0v) is 13.6. The number of nitrogens with two attached hydrogens (primary N) is 1. The molecule has 2 atom stereocenters. The van der Waals surface area contributed by atoms with Gasteiger partial charge in [-0.3, -0.25) is 4.90 Å². The Labute approximate surface area is 122 Å². The molecule has 2 saturated heterocycles. The van der Waals surface area contributed by atoms with Gasteiger partial charge in [0.15, 0.2) is 0 Å². The molecule has 0 aromatic carbocycles. The highest BCUT2D eigenvalue weighted by molar-refractivity contribution is 7.99. The lowest BCUT2D eigenvalue weighted by molar-refractivity contribution is -0.0375. The standard InChI is InChI=1S/C15H30N2OS/c1-4-18-13-6-5-7-17(8-13)15(10-16)9-14(2,3)11-19-12-15/h13H,4-12,16H2,1-3H3. The van der Waals surface area contributed by atoms with Crippen molar-refractivity contribution in [1.29, 1.82) is 0 Å². The van der Waals surface area contributed by atoms with Crippen molar-refractivity contribution >= 4 is 11.8 Å². The van der Waals surface area contributed by atoms with Gasteiger partial charge in [-0.25, -0.2) is 0 Å². The van der Waals surface area contributed by atoms with E-state index < -0.39 is 0 Å². The van der Waals surface area contributed by atoms with Gasteiger partial charge in [0.1, 0.15) is 0 Å². The van der Waals surface area contributed by atoms with Crippen molar-refractivity contribution in [3.63, 3.8) is 0 Å². The predicted molar refractivity (Wildman–Crippen MR) is 83.7 cm³/mol. The molecule has 4 heteroatoms. The van der Waals surface area contributed by atoms with Gasteiger partial charge in [0.25, 0.3) is 0 Å². The molecule has 0 aromatic rings. The van der Waals surface area contributed by atoms with E-state index in [9.17, 15) is 0 Å². The lowest BCUT2D eigenvalue weighted by Gasteiger charge is -2.52. The topological polar surface area (TPSA) is 38.5 Å². The lowest BCUT2D eigenvalue weighted by Crippen LogP contribution is -2.62. The first-order chi connectivity index (χ1) is 9.01. The van der Waals surface area contributed by atoms with Gasteiger partial charge >= 0.3 is 0 Å². The third-order valence-corrected chi connectivity index (χ3v) is 6.23. The SMILES string of the molecule is CCOC1CCCN(C2(CN)CSCC(C)(C)C2)C1. The molecule has 0 spiro atoms. The minimum Gasteiger partial charge on any atom is -0.377 e. The molecule has 2 heterocycles. The quantitative estimate of drug-likeness (QED) is 0.861. The fourth-order valence-corrected chi connectivity index (χ4v) is 5.25. The molecule has 2 unspecified atom stereocenters. The number of likely N-dealkylation sites (tertiary alicyclic amines) is 1. The number of hydrogen-bond donors (Lipinski definition) is 1. The van der Waals surface area contributed by atoms with E-state index in [1.165, 1.54) is 37.3 Å². The van der Waals surface area contributed by atoms with Gasteiger partial charge in [-0.15, -0.1) is 0 Å². The molecule has 112 valence electrons. The van der Waals surface area contributed by atoms with Crippen LogP contribution in [0, 0.1) is 5.41 Å². The second-order valence-corrected chi connectivity index (χ2v) is 7.91. The number of thioether (sulfide) groups is 1. The number of piperidine rings is 1. The van der Waals surface area contributed by atoms with Gasteiger partial charge in [0, 0.05) is 31.0 Å². The van der Waals surface area contributed by atoms with E-state index in [2.05, 4.69) is 37.4 Å². The van der Waals surface area contributed by atoms with Gasteiger partial charge in [0.05, 0.1) is 6.10 Å². The number of nitrogens with zero attached hydrogens (tertiary/aromatic N) is 1. The van der Waals surface area contributed by atoms with Gasteiger partial charge in [-0.1, -0.05) is 13.8 Å². The van der Waals surface area contributed by atoms with Crippen LogP contribution in [-0.4, -0.2) is 54.3 Å². The number of ether oxygens (including phenoxy) is 1. The summed E-state index contributed by atoms with van der Waals surface area (Å²) in [5.74, 6) is 2.45. The van der Waals surface area contributed by atoms with Crippen molar-refractivity contribution in [3.8, 4) is 0 Å². The maximum absolute atomic E-state index is 6.21. The van der Waals surface area contributed by atoms with Gasteiger partial charge in [0.2, 0.25) is 0 Å². The van der Waals surface area contributed by atoms with Crippen LogP contribution in [0.25, 0.3) is 0 Å². The molecule has 2 fully saturated rings. The summed E-state index contributed by atoms with van der Waals surface area (Å²) in [6.45, 7) is 10.7. The average Bonchev–Trinajstić information content (AvgIpc) is 2.38. The van der Waals surface area contributed by atoms with Gasteiger partial charge in [-0.05, 0) is 43.9 Å². The van der Waals surface area contributed by atoms with Crippen LogP contribution in [0.2, 0.25) is 0 Å². The molecule has 2 N–H and O–H groups in total. The van der Waals surface area contributed by atoms with E-state index in [1.807, 2.05) is 0 Å². The van der Waals surface area contributed by atoms with Crippen molar-refractivity contribution in [2.45, 2.75) is 51.7 Å². The first-order valence-electron chi connectivity index (χ1n) is 7.66. The van der Waals surface area contributed by atoms with Crippen molar-refractivity contribution in [1.82, 2.24) is 4.90 Å². The van der Waals surface area contributed by atoms with Crippen molar-refractivity contribution in [2.24, 2.45) is 11.1 Å². The molecule has 19 heavy (non-hydrogen) atoms. The van der Waals surface area contributed by atoms with Gasteiger partial charge in [-0.2, -0.15) is 11.8 Å². The Morgan fingerprint density at radius 1 is 1.37 bits per heavy atom. The molecule has 0 bridgehead atoms. The molecule has 0 aliphatic carbocycles. The third kappa shape index (κ3) is 3.66. The van der Waals surface area contributed by atoms with E-state index in [4.69, 9.17) is 10.5 Å². The highest BCUT2D eigenvalue weighted by Crippen LogP contribution is 2.42. The fraction of sp³-hybridized carbons (Fsp3) is 1.00. The highest BCUT2D eigenvalue weighted by atomic mass is 32.2. The van der Waals surface area contributed by atoms with E-state index in [1.54, 1.807) is 0 Å². The second-order valence-electron chi connectivity index (χ2n) is 6.93. The third-order valence-electron chi connectivity index (χ3n) is 4.50. The highest BCUT2D eigenvalue weighted by Gasteiger charge is 2.44. The largest absolute Gasteiger partial charge is 0.377 e. The molecular weight excluding hydrogens is 256 g/mol. The van der Waals surface area contributed by atoms with E-state index in [0.717, 1.165) is 19.7 Å². The normalized spacial score (nSPS) is 36.3. The molecule has 0 radical (unpaired) electrons. The van der Waals surface area contributed by atoms with E-state index >= 15 is 0 Å². The first kappa shape index (κ1) is 15.6. The molecular formula is C15H30N2OS. The monoisotopic (exact) mass is 286 g/mol. The maximum atomic E-state index is 6.21. The summed E-state index contributed by atoms with van der Waals surface area (Å²) in [6.07, 6.45) is 4.10. The van der Waals surface area contributed by atoms with Crippen LogP contribution in [0.4, 0.5) is 0 Å². The number of hydrogen-bond acceptors (Lipinski definition) is 4. The van der Waals surface area contributed by atoms with E-state index in [-0.39, 0.29) is 5.54 Å². The van der Waals surface area contributed by atoms with Crippen molar-refractivity contribution in [2.75, 3.05) is 37.7 Å². The van der Waals surface area contributed by atoms with Crippen LogP contribution in [-0.2, 0) is 4.74 Å². The Hall–Kier alpha value is 0.230. The van der Waals surface area contributed by atoms with Crippen LogP contribution >= 0.6 is 11.8 Å². The Kier molecular flexibility index (Phi) is 5.21. The molecule has 0 aromatic heterocycles. The summed E-state index contributed by atoms with van der Waals surface area (Å²) in [7, 11) is 0. The van der Waals surface area contributed by atoms with Crippen molar-refractivity contribution < 1.29 is 4.74 Å². The van der Waals surface area contributed by atoms with Crippen LogP contribution in [0.15, 0.2) is 0 Å². The first-order valence-corrected chi connectivity index (χ1v) is 8.81. The molecule has 3 nitrogen and oxygen atoms in total. The molecule has 0 amide bonds. The molecule has 2 rings (SSSR count). The predicted octanol–water partition coefficient (Wildman–Crippen LogP) is 2.35. The lowest BCUT2D eigenvalue weighted by atomic mass is 9.78. The second kappa shape index (κ2) is 6.33. The summed E-state index contributed by atoms with van der Waals surface area (Å²) in [5.41, 5.74) is 6.81. The van der Waals surface area contributed by atoms with Crippen LogP contribution in [0.1, 0.15) is 40.0 Å². The summed E-state index contributed by atoms with van der Waals surface area (Å²) in [6, 6.07) is 0. The minimum absolute atomic E-state index is 0.197. The Morgan fingerprint density at radius 2 is 2.16 bits per heavy atom. The average molecular weight is 286 g/mol. The maximum Gasteiger partial charge on any atom is 0.0702 e. The number of rotatable bonds is 4. The summed E-state index contributed by atoms with van der Waals surface area (Å²) < 4.78 is 5.86. The van der Waals surface area contributed by atoms with Gasteiger partial charge < -0.3 is 10.5 Å². The summed E-state index contributed by atoms with van der Waals surface area (Å²) >= 11 is 2.08. The molecule has 0 saturated carbocycles. The van der Waals surface area contributed by atoms with E-state index in [0.29, 0.717) is 11.5 Å². The summed E-state index contributed by atoms with van der Waals surface area (Å²) in [4.78, 5) is 2.64. The Bertz CT molecular complexity index is 296. The van der Waals surface area contributed by atoms with Crippen molar-refractivity contribution in [3.05, 3.63) is 0 Å². The smallest absolute Gasteiger partial charge is 0.0702 e.